The van der Waals surface area contributed by atoms with Gasteiger partial charge in [0.1, 0.15) is 5.69 Å². The van der Waals surface area contributed by atoms with E-state index in [2.05, 4.69) is 16.4 Å². The number of nitrogens with two attached hydrogens (primary N) is 1. The van der Waals surface area contributed by atoms with Gasteiger partial charge in [0.05, 0.1) is 11.2 Å². The number of rotatable bonds is 3. The fourth-order valence-electron chi connectivity index (χ4n) is 1.51. The fraction of sp³-hybridized carbons (Fsp3) is 0.300. The number of imidazole rings is 1. The quantitative estimate of drug-likeness (QED) is 0.831. The van der Waals surface area contributed by atoms with Crippen molar-refractivity contribution in [2.75, 3.05) is 6.54 Å². The molecule has 2 aromatic rings. The Labute approximate surface area is 87.2 Å². The highest BCUT2D eigenvalue weighted by atomic mass is 32.1. The smallest absolute Gasteiger partial charge is 0.101 e. The molecule has 2 aromatic heterocycles. The van der Waals surface area contributed by atoms with Crippen LogP contribution >= 0.6 is 11.3 Å². The maximum absolute atomic E-state index is 5.57. The van der Waals surface area contributed by atoms with Gasteiger partial charge < -0.3 is 10.3 Å². The first-order valence-electron chi connectivity index (χ1n) is 4.57. The van der Waals surface area contributed by atoms with Gasteiger partial charge in [0.15, 0.2) is 0 Å². The molecule has 2 heterocycles. The molecule has 0 spiro atoms. The van der Waals surface area contributed by atoms with Crippen LogP contribution in [-0.2, 0) is 13.5 Å². The predicted molar refractivity (Wildman–Crippen MR) is 59.3 cm³/mol. The van der Waals surface area contributed by atoms with Crippen LogP contribution in [0.3, 0.4) is 0 Å². The topological polar surface area (TPSA) is 43.8 Å². The lowest BCUT2D eigenvalue weighted by Gasteiger charge is -2.02. The Bertz CT molecular complexity index is 403. The summed E-state index contributed by atoms with van der Waals surface area (Å²) in [6, 6.07) is 4.13. The van der Waals surface area contributed by atoms with E-state index in [1.807, 2.05) is 24.0 Å². The maximum Gasteiger partial charge on any atom is 0.101 e. The van der Waals surface area contributed by atoms with Gasteiger partial charge in [-0.3, -0.25) is 0 Å². The Hall–Kier alpha value is -1.13. The standard InChI is InChI=1S/C10H13N3S/c1-13-7-12-10(8(13)4-5-11)9-3-2-6-14-9/h2-3,6-7H,4-5,11H2,1H3. The molecule has 2 rings (SSSR count). The zero-order chi connectivity index (χ0) is 9.97. The molecule has 0 unspecified atom stereocenters. The maximum atomic E-state index is 5.57. The van der Waals surface area contributed by atoms with E-state index in [0.717, 1.165) is 12.1 Å². The average molecular weight is 207 g/mol. The van der Waals surface area contributed by atoms with Crippen molar-refractivity contribution in [2.45, 2.75) is 6.42 Å². The molecule has 0 saturated carbocycles. The summed E-state index contributed by atoms with van der Waals surface area (Å²) in [6.07, 6.45) is 2.73. The number of aromatic nitrogens is 2. The molecule has 0 amide bonds. The molecule has 14 heavy (non-hydrogen) atoms. The van der Waals surface area contributed by atoms with Crippen LogP contribution in [0.25, 0.3) is 10.6 Å². The summed E-state index contributed by atoms with van der Waals surface area (Å²) in [7, 11) is 2.01. The van der Waals surface area contributed by atoms with Crippen LogP contribution < -0.4 is 5.73 Å². The molecule has 0 aliphatic rings. The lowest BCUT2D eigenvalue weighted by molar-refractivity contribution is 0.806. The lowest BCUT2D eigenvalue weighted by atomic mass is 10.2. The minimum absolute atomic E-state index is 0.665. The molecule has 0 atom stereocenters. The zero-order valence-corrected chi connectivity index (χ0v) is 8.92. The molecule has 0 saturated heterocycles. The highest BCUT2D eigenvalue weighted by Crippen LogP contribution is 2.26. The zero-order valence-electron chi connectivity index (χ0n) is 8.10. The summed E-state index contributed by atoms with van der Waals surface area (Å²) in [5.74, 6) is 0. The SMILES string of the molecule is Cn1cnc(-c2cccs2)c1CCN. The van der Waals surface area contributed by atoms with Gasteiger partial charge in [0.25, 0.3) is 0 Å². The van der Waals surface area contributed by atoms with E-state index in [1.54, 1.807) is 11.3 Å². The number of aryl methyl sites for hydroxylation is 1. The molecule has 3 nitrogen and oxygen atoms in total. The predicted octanol–water partition coefficient (Wildman–Crippen LogP) is 1.65. The molecule has 0 radical (unpaired) electrons. The van der Waals surface area contributed by atoms with Gasteiger partial charge in [0, 0.05) is 19.2 Å². The Morgan fingerprint density at radius 3 is 3.07 bits per heavy atom. The third-order valence-electron chi connectivity index (χ3n) is 2.19. The summed E-state index contributed by atoms with van der Waals surface area (Å²) in [5, 5.41) is 2.07. The average Bonchev–Trinajstić information content (AvgIpc) is 2.77. The Morgan fingerprint density at radius 2 is 2.43 bits per heavy atom. The number of nitrogens with zero attached hydrogens (tertiary/aromatic N) is 2. The molecular weight excluding hydrogens is 194 g/mol. The summed E-state index contributed by atoms with van der Waals surface area (Å²) < 4.78 is 2.04. The van der Waals surface area contributed by atoms with Crippen LogP contribution in [0.15, 0.2) is 23.8 Å². The second kappa shape index (κ2) is 3.94. The van der Waals surface area contributed by atoms with Gasteiger partial charge in [-0.15, -0.1) is 11.3 Å². The summed E-state index contributed by atoms with van der Waals surface area (Å²) >= 11 is 1.71. The minimum atomic E-state index is 0.665. The van der Waals surface area contributed by atoms with Gasteiger partial charge in [-0.05, 0) is 18.0 Å². The van der Waals surface area contributed by atoms with Crippen molar-refractivity contribution in [1.29, 1.82) is 0 Å². The van der Waals surface area contributed by atoms with Crippen molar-refractivity contribution in [3.05, 3.63) is 29.5 Å². The second-order valence-electron chi connectivity index (χ2n) is 3.17. The van der Waals surface area contributed by atoms with E-state index in [-0.39, 0.29) is 0 Å². The summed E-state index contributed by atoms with van der Waals surface area (Å²) in [5.41, 5.74) is 7.87. The van der Waals surface area contributed by atoms with Crippen molar-refractivity contribution in [3.63, 3.8) is 0 Å². The van der Waals surface area contributed by atoms with Gasteiger partial charge in [-0.2, -0.15) is 0 Å². The fourth-order valence-corrected chi connectivity index (χ4v) is 2.25. The van der Waals surface area contributed by atoms with Gasteiger partial charge in [-0.25, -0.2) is 4.98 Å². The number of hydrogen-bond acceptors (Lipinski definition) is 3. The molecule has 74 valence electrons. The van der Waals surface area contributed by atoms with E-state index < -0.39 is 0 Å². The molecular formula is C10H13N3S. The first-order valence-corrected chi connectivity index (χ1v) is 5.45. The van der Waals surface area contributed by atoms with E-state index >= 15 is 0 Å². The van der Waals surface area contributed by atoms with Crippen LogP contribution in [-0.4, -0.2) is 16.1 Å². The van der Waals surface area contributed by atoms with Crippen LogP contribution in [0.1, 0.15) is 5.69 Å². The van der Waals surface area contributed by atoms with Crippen LogP contribution in [0.4, 0.5) is 0 Å². The van der Waals surface area contributed by atoms with Gasteiger partial charge in [0.2, 0.25) is 0 Å². The Balaban J connectivity index is 2.43. The molecule has 0 aliphatic heterocycles. The van der Waals surface area contributed by atoms with Crippen molar-refractivity contribution in [2.24, 2.45) is 12.8 Å². The highest BCUT2D eigenvalue weighted by Gasteiger charge is 2.10. The van der Waals surface area contributed by atoms with E-state index in [1.165, 1.54) is 10.6 Å². The number of hydrogen-bond donors (Lipinski definition) is 1. The molecule has 0 aromatic carbocycles. The van der Waals surface area contributed by atoms with E-state index in [9.17, 15) is 0 Å². The summed E-state index contributed by atoms with van der Waals surface area (Å²) in [4.78, 5) is 5.61. The normalized spacial score (nSPS) is 10.7. The van der Waals surface area contributed by atoms with Crippen molar-refractivity contribution in [1.82, 2.24) is 9.55 Å². The monoisotopic (exact) mass is 207 g/mol. The summed E-state index contributed by atoms with van der Waals surface area (Å²) in [6.45, 7) is 0.665. The molecule has 2 N–H and O–H groups in total. The van der Waals surface area contributed by atoms with E-state index in [0.29, 0.717) is 6.54 Å². The number of thiophene rings is 1. The minimum Gasteiger partial charge on any atom is -0.337 e. The van der Waals surface area contributed by atoms with Gasteiger partial charge in [-0.1, -0.05) is 6.07 Å². The molecule has 4 heteroatoms. The van der Waals surface area contributed by atoms with E-state index in [4.69, 9.17) is 5.73 Å². The van der Waals surface area contributed by atoms with Crippen LogP contribution in [0.2, 0.25) is 0 Å². The van der Waals surface area contributed by atoms with Crippen molar-refractivity contribution >= 4 is 11.3 Å². The third kappa shape index (κ3) is 1.58. The Kier molecular flexibility index (Phi) is 2.65. The Morgan fingerprint density at radius 1 is 1.57 bits per heavy atom. The first-order chi connectivity index (χ1) is 6.83. The van der Waals surface area contributed by atoms with Crippen LogP contribution in [0.5, 0.6) is 0 Å². The molecule has 0 aliphatic carbocycles. The largest absolute Gasteiger partial charge is 0.337 e. The van der Waals surface area contributed by atoms with Crippen molar-refractivity contribution < 1.29 is 0 Å². The first kappa shape index (κ1) is 9.43. The lowest BCUT2D eigenvalue weighted by Crippen LogP contribution is -2.07. The highest BCUT2D eigenvalue weighted by molar-refractivity contribution is 7.13. The van der Waals surface area contributed by atoms with Crippen LogP contribution in [0, 0.1) is 0 Å². The van der Waals surface area contributed by atoms with Crippen molar-refractivity contribution in [3.8, 4) is 10.6 Å². The third-order valence-corrected chi connectivity index (χ3v) is 3.07. The van der Waals surface area contributed by atoms with Gasteiger partial charge >= 0.3 is 0 Å². The second-order valence-corrected chi connectivity index (χ2v) is 4.11. The molecule has 0 bridgehead atoms. The molecule has 0 fully saturated rings.